The first-order valence-electron chi connectivity index (χ1n) is 44.3. The van der Waals surface area contributed by atoms with E-state index in [9.17, 15) is 71.5 Å². The number of nitrogens with zero attached hydrogens (tertiary/aromatic N) is 17. The van der Waals surface area contributed by atoms with E-state index in [4.69, 9.17) is 10.5 Å². The molecule has 16 aromatic rings. The van der Waals surface area contributed by atoms with E-state index in [1.165, 1.54) is 70.1 Å². The Kier molecular flexibility index (Phi) is 34.1. The number of anilines is 4. The highest BCUT2D eigenvalue weighted by atomic mass is 32.1. The minimum Gasteiger partial charge on any atom is -0.450 e. The molecule has 4 unspecified atom stereocenters. The summed E-state index contributed by atoms with van der Waals surface area (Å²) >= 11 is 5.36. The monoisotopic (exact) mass is 2010 g/mol. The fraction of sp³-hybridized carbons (Fsp3) is 0.274. The van der Waals surface area contributed by atoms with E-state index in [0.717, 1.165) is 93.3 Å². The number of thiazole rings is 4. The van der Waals surface area contributed by atoms with Crippen molar-refractivity contribution in [2.75, 3.05) is 87.2 Å². The molecule has 13 heterocycles. The molecule has 0 radical (unpaired) electrons. The highest BCUT2D eigenvalue weighted by Crippen LogP contribution is 2.45. The number of aromatic nitrogens is 16. The number of alkyl halides is 5. The first kappa shape index (κ1) is 103. The third kappa shape index (κ3) is 25.9. The average Bonchev–Trinajstić information content (AvgIpc) is 1.60. The van der Waals surface area contributed by atoms with E-state index >= 15 is 0 Å². The van der Waals surface area contributed by atoms with Crippen LogP contribution in [0.4, 0.5) is 61.7 Å². The number of halogens is 5. The van der Waals surface area contributed by atoms with E-state index in [2.05, 4.69) is 140 Å². The number of benzene rings is 4. The Balaban J connectivity index is 0.000000150. The number of carbonyl (C=O) groups is 5. The van der Waals surface area contributed by atoms with E-state index in [-0.39, 0.29) is 30.5 Å². The smallest absolute Gasteiger partial charge is 0.417 e. The Morgan fingerprint density at radius 2 is 0.761 bits per heavy atom. The van der Waals surface area contributed by atoms with Crippen molar-refractivity contribution in [3.05, 3.63) is 219 Å². The fourth-order valence-corrected chi connectivity index (χ4v) is 18.2. The number of amides is 8. The summed E-state index contributed by atoms with van der Waals surface area (Å²) in [5.41, 5.74) is 17.8. The van der Waals surface area contributed by atoms with Gasteiger partial charge in [0.1, 0.15) is 23.9 Å². The molecule has 4 atom stereocenters. The van der Waals surface area contributed by atoms with Crippen LogP contribution >= 0.6 is 45.3 Å². The molecular formula is C95H96F5N27O11S4. The number of hydrogen-bond acceptors (Lipinski definition) is 34. The van der Waals surface area contributed by atoms with E-state index in [1.807, 2.05) is 112 Å². The Labute approximate surface area is 823 Å². The van der Waals surface area contributed by atoms with Crippen molar-refractivity contribution in [3.8, 4) is 89.5 Å². The molecule has 4 aromatic carbocycles. The number of carbonyl (C=O) groups excluding carboxylic acids is 5. The molecule has 1 aliphatic rings. The normalized spacial score (nSPS) is 13.4. The van der Waals surface area contributed by atoms with Gasteiger partial charge in [-0.3, -0.25) is 46.0 Å². The van der Waals surface area contributed by atoms with Gasteiger partial charge in [0.25, 0.3) is 6.43 Å². The summed E-state index contributed by atoms with van der Waals surface area (Å²) in [4.78, 5) is 132. The number of urea groups is 4. The SMILES string of the molecule is CCNC(=O)Nc1nc2cc(-c3cnc(C(C)(C)OC(=O)CNCCN)nc3)cc(-c3ccccn3)c2s1.CCNC(=O)Nc1nc2cc(-c3cnc(C(O)C(O)C(F)(F)F)nc3)cc(-c3ccccn3)c2s1.CCNC(=O)Nc1nc2cc(-c3cnc(C(O)C(O)C(F)F)nc3)cc(-c3ccccn3)c2s1.CCNC(=O)Nc1nc2cc(-c3cnc(C4(O)CCN(C)CC4)nc3)cc(-c3ccccn3)c2s1. The standard InChI is InChI=1S/C26H30N8O3S.C25H27N7O2S.C22H19F3N6O3S.C22H20F2N6O3S/c1-4-29-24(36)34-25-33-20-12-16(11-18(22(20)38-25)19-7-5-6-9-30-19)17-13-31-23(32-14-17)26(2,3)37-21(35)15-28-10-8-27;1-3-26-23(33)31-24-30-20-13-16(12-18(21(20)35-24)19-6-4-5-9-27-19)17-14-28-22(29-15-17)25(34)7-10-32(2)11-8-25;1-2-26-20(34)31-21-30-15-8-11(7-13(17(15)35-21)14-5-3-4-6-27-14)12-9-28-19(29-10-12)16(32)18(33)22(23,24)25;1-2-25-21(33)30-22-29-15-8-11(7-13(18(15)34-22)14-5-3-4-6-26-14)12-9-27-20(28-10-12)17(32)16(31)19(23)24/h5-7,9,11-14,28H,4,8,10,15,27H2,1-3H3,(H2,29,33,34,36);4-6,9,12-15,34H,3,7-8,10-11H2,1-2H3,(H2,26,30,31,33);3-10,16,18,32-33H,2H2,1H3,(H2,26,30,31,34);3-10,16-17,19,31-32H,2H2,1H3,(H2,25,29,30,33). The second kappa shape index (κ2) is 47.0. The number of aliphatic hydroxyl groups is 5. The molecule has 0 spiro atoms. The highest BCUT2D eigenvalue weighted by molar-refractivity contribution is 7.24. The molecule has 0 aliphatic carbocycles. The van der Waals surface area contributed by atoms with Gasteiger partial charge in [0.05, 0.1) is 70.2 Å². The van der Waals surface area contributed by atoms with Crippen LogP contribution in [-0.2, 0) is 20.7 Å². The summed E-state index contributed by atoms with van der Waals surface area (Å²) < 4.78 is 72.4. The van der Waals surface area contributed by atoms with E-state index in [1.54, 1.807) is 101 Å². The summed E-state index contributed by atoms with van der Waals surface area (Å²) in [5, 5.41) is 75.7. The minimum atomic E-state index is -5.02. The molecule has 16 N–H and O–H groups in total. The number of likely N-dealkylation sites (tertiary alicyclic amines) is 1. The molecule has 142 heavy (non-hydrogen) atoms. The molecule has 47 heteroatoms. The number of fused-ring (bicyclic) bond motifs is 4. The molecule has 1 aliphatic heterocycles. The topological polar surface area (TPSA) is 539 Å². The van der Waals surface area contributed by atoms with Crippen molar-refractivity contribution in [1.29, 1.82) is 0 Å². The lowest BCUT2D eigenvalue weighted by molar-refractivity contribution is -0.232. The second-order valence-corrected chi connectivity index (χ2v) is 36.1. The second-order valence-electron chi connectivity index (χ2n) is 32.1. The van der Waals surface area contributed by atoms with Gasteiger partial charge in [-0.05, 0) is 181 Å². The third-order valence-corrected chi connectivity index (χ3v) is 25.5. The molecular weight excluding hydrogens is 1920 g/mol. The highest BCUT2D eigenvalue weighted by Gasteiger charge is 2.45. The maximum Gasteiger partial charge on any atom is 0.417 e. The van der Waals surface area contributed by atoms with Crippen LogP contribution in [0.5, 0.6) is 0 Å². The number of rotatable bonds is 28. The van der Waals surface area contributed by atoms with Gasteiger partial charge in [-0.15, -0.1) is 0 Å². The lowest BCUT2D eigenvalue weighted by Crippen LogP contribution is -2.41. The van der Waals surface area contributed by atoms with Crippen molar-refractivity contribution in [3.63, 3.8) is 0 Å². The van der Waals surface area contributed by atoms with Gasteiger partial charge < -0.3 is 67.5 Å². The minimum absolute atomic E-state index is 0.0552. The zero-order valence-electron chi connectivity index (χ0n) is 77.0. The van der Waals surface area contributed by atoms with Crippen LogP contribution in [0.25, 0.3) is 130 Å². The van der Waals surface area contributed by atoms with Crippen LogP contribution in [0.3, 0.4) is 0 Å². The molecule has 1 fully saturated rings. The van der Waals surface area contributed by atoms with Gasteiger partial charge in [0.15, 0.2) is 55.5 Å². The van der Waals surface area contributed by atoms with Gasteiger partial charge in [0, 0.05) is 171 Å². The van der Waals surface area contributed by atoms with Gasteiger partial charge in [-0.1, -0.05) is 69.6 Å². The zero-order chi connectivity index (χ0) is 101. The number of nitrogens with two attached hydrogens (primary N) is 1. The number of pyridine rings is 4. The maximum atomic E-state index is 12.7. The van der Waals surface area contributed by atoms with E-state index in [0.29, 0.717) is 134 Å². The molecule has 38 nitrogen and oxygen atoms in total. The number of hydrogen-bond donors (Lipinski definition) is 15. The van der Waals surface area contributed by atoms with E-state index < -0.39 is 66.0 Å². The van der Waals surface area contributed by atoms with Crippen molar-refractivity contribution < 1.29 is 76.2 Å². The van der Waals surface area contributed by atoms with Gasteiger partial charge in [-0.25, -0.2) is 87.8 Å². The summed E-state index contributed by atoms with van der Waals surface area (Å²) in [7, 11) is 2.05. The number of aliphatic hydroxyl groups excluding tert-OH is 4. The number of nitrogens with one attached hydrogen (secondary N) is 9. The van der Waals surface area contributed by atoms with Crippen molar-refractivity contribution in [1.82, 2.24) is 111 Å². The van der Waals surface area contributed by atoms with Gasteiger partial charge >= 0.3 is 36.3 Å². The van der Waals surface area contributed by atoms with Gasteiger partial charge in [-0.2, -0.15) is 13.2 Å². The van der Waals surface area contributed by atoms with Crippen molar-refractivity contribution in [2.24, 2.45) is 5.73 Å². The van der Waals surface area contributed by atoms with Crippen LogP contribution in [0.2, 0.25) is 0 Å². The number of piperidine rings is 1. The van der Waals surface area contributed by atoms with Crippen molar-refractivity contribution >= 4 is 137 Å². The number of esters is 1. The lowest BCUT2D eigenvalue weighted by atomic mass is 9.90. The molecule has 1 saturated heterocycles. The summed E-state index contributed by atoms with van der Waals surface area (Å²) in [6.07, 6.45) is 2.43. The molecule has 736 valence electrons. The quantitative estimate of drug-likeness (QED) is 0.0123. The molecule has 17 rings (SSSR count). The zero-order valence-corrected chi connectivity index (χ0v) is 80.3. The molecule has 8 amide bonds. The van der Waals surface area contributed by atoms with Crippen LogP contribution in [0.15, 0.2) is 196 Å². The summed E-state index contributed by atoms with van der Waals surface area (Å²) in [6, 6.07) is 36.1. The predicted molar refractivity (Wildman–Crippen MR) is 532 cm³/mol. The Morgan fingerprint density at radius 3 is 1.05 bits per heavy atom. The van der Waals surface area contributed by atoms with Crippen LogP contribution in [-0.4, -0.2) is 231 Å². The summed E-state index contributed by atoms with van der Waals surface area (Å²) in [5.74, 6) is -0.456. The average molecular weight is 2020 g/mol. The molecule has 0 saturated carbocycles. The first-order chi connectivity index (χ1) is 68.3. The van der Waals surface area contributed by atoms with Crippen LogP contribution in [0, 0.1) is 0 Å². The Hall–Kier alpha value is -14.8. The fourth-order valence-electron chi connectivity index (χ4n) is 14.3. The molecule has 0 bridgehead atoms. The Morgan fingerprint density at radius 1 is 0.451 bits per heavy atom. The van der Waals surface area contributed by atoms with Crippen molar-refractivity contribution in [2.45, 2.75) is 103 Å². The predicted octanol–water partition coefficient (Wildman–Crippen LogP) is 14.7. The number of ether oxygens (including phenoxy) is 1. The third-order valence-electron chi connectivity index (χ3n) is 21.4. The first-order valence-corrected chi connectivity index (χ1v) is 47.6. The largest absolute Gasteiger partial charge is 0.450 e. The summed E-state index contributed by atoms with van der Waals surface area (Å²) in [6.45, 7) is 15.4. The lowest BCUT2D eigenvalue weighted by Gasteiger charge is -2.35. The van der Waals surface area contributed by atoms with Crippen LogP contribution < -0.4 is 53.6 Å². The van der Waals surface area contributed by atoms with Crippen LogP contribution in [0.1, 0.15) is 89.9 Å². The molecule has 12 aromatic heterocycles. The maximum absolute atomic E-state index is 12.7. The van der Waals surface area contributed by atoms with Gasteiger partial charge in [0.2, 0.25) is 0 Å². The Bertz CT molecular complexity index is 7030.